The van der Waals surface area contributed by atoms with E-state index < -0.39 is 0 Å². The third kappa shape index (κ3) is 5.46. The highest BCUT2D eigenvalue weighted by Gasteiger charge is 2.41. The number of nitrogens with one attached hydrogen (secondary N) is 2. The van der Waals surface area contributed by atoms with Crippen molar-refractivity contribution in [3.8, 4) is 0 Å². The Kier molecular flexibility index (Phi) is 8.07. The molecule has 0 aliphatic carbocycles. The molecule has 5 nitrogen and oxygen atoms in total. The van der Waals surface area contributed by atoms with Crippen molar-refractivity contribution in [1.29, 1.82) is 0 Å². The topological polar surface area (TPSA) is 48.9 Å². The SMILES string of the molecule is CN=C(NCCCN1CC(C)CC(C)C1)NC1CC2CCC1O2.I. The zero-order valence-electron chi connectivity index (χ0n) is 15.5. The summed E-state index contributed by atoms with van der Waals surface area (Å²) in [5.41, 5.74) is 0. The normalized spacial score (nSPS) is 36.5. The number of hydrogen-bond donors (Lipinski definition) is 2. The van der Waals surface area contributed by atoms with Crippen molar-refractivity contribution in [3.63, 3.8) is 0 Å². The molecule has 0 saturated carbocycles. The third-order valence-electron chi connectivity index (χ3n) is 5.54. The Hall–Kier alpha value is -0.0800. The minimum absolute atomic E-state index is 0. The number of rotatable bonds is 5. The lowest BCUT2D eigenvalue weighted by molar-refractivity contribution is 0.0992. The molecule has 6 heteroatoms. The van der Waals surface area contributed by atoms with Gasteiger partial charge in [0.2, 0.25) is 0 Å². The maximum absolute atomic E-state index is 5.90. The number of halogens is 1. The van der Waals surface area contributed by atoms with Crippen molar-refractivity contribution in [3.05, 3.63) is 0 Å². The molecule has 2 bridgehead atoms. The number of hydrogen-bond acceptors (Lipinski definition) is 3. The lowest BCUT2D eigenvalue weighted by atomic mass is 9.92. The van der Waals surface area contributed by atoms with Gasteiger partial charge in [0.25, 0.3) is 0 Å². The second-order valence-corrected chi connectivity index (χ2v) is 7.92. The zero-order chi connectivity index (χ0) is 16.2. The summed E-state index contributed by atoms with van der Waals surface area (Å²) in [4.78, 5) is 6.99. The molecule has 3 saturated heterocycles. The number of nitrogens with zero attached hydrogens (tertiary/aromatic N) is 2. The Morgan fingerprint density at radius 2 is 1.92 bits per heavy atom. The molecular formula is C18H35IN4O. The van der Waals surface area contributed by atoms with Gasteiger partial charge in [0, 0.05) is 26.7 Å². The van der Waals surface area contributed by atoms with Gasteiger partial charge in [-0.25, -0.2) is 0 Å². The summed E-state index contributed by atoms with van der Waals surface area (Å²) in [7, 11) is 1.86. The Morgan fingerprint density at radius 3 is 2.50 bits per heavy atom. The molecule has 140 valence electrons. The molecule has 5 atom stereocenters. The van der Waals surface area contributed by atoms with Gasteiger partial charge in [-0.2, -0.15) is 0 Å². The Balaban J connectivity index is 0.00000208. The quantitative estimate of drug-likeness (QED) is 0.293. The summed E-state index contributed by atoms with van der Waals surface area (Å²) in [5.74, 6) is 2.63. The van der Waals surface area contributed by atoms with Crippen LogP contribution in [0.4, 0.5) is 0 Å². The Bertz CT molecular complexity index is 410. The number of likely N-dealkylation sites (tertiary alicyclic amines) is 1. The van der Waals surface area contributed by atoms with Crippen LogP contribution in [-0.2, 0) is 4.74 Å². The number of ether oxygens (including phenoxy) is 1. The Morgan fingerprint density at radius 1 is 1.17 bits per heavy atom. The number of fused-ring (bicyclic) bond motifs is 2. The van der Waals surface area contributed by atoms with E-state index in [0.29, 0.717) is 18.2 Å². The van der Waals surface area contributed by atoms with Crippen LogP contribution in [0.25, 0.3) is 0 Å². The Labute approximate surface area is 164 Å². The van der Waals surface area contributed by atoms with Gasteiger partial charge >= 0.3 is 0 Å². The van der Waals surface area contributed by atoms with Gasteiger partial charge in [-0.3, -0.25) is 4.99 Å². The predicted octanol–water partition coefficient (Wildman–Crippen LogP) is 2.46. The fourth-order valence-electron chi connectivity index (χ4n) is 4.64. The fourth-order valence-corrected chi connectivity index (χ4v) is 4.64. The van der Waals surface area contributed by atoms with Gasteiger partial charge in [-0.1, -0.05) is 13.8 Å². The summed E-state index contributed by atoms with van der Waals surface area (Å²) < 4.78 is 5.90. The summed E-state index contributed by atoms with van der Waals surface area (Å²) in [6.45, 7) is 9.46. The number of aliphatic imine (C=N–C) groups is 1. The smallest absolute Gasteiger partial charge is 0.191 e. The van der Waals surface area contributed by atoms with Crippen molar-refractivity contribution in [2.75, 3.05) is 33.2 Å². The van der Waals surface area contributed by atoms with Crippen molar-refractivity contribution in [1.82, 2.24) is 15.5 Å². The number of guanidine groups is 1. The number of piperidine rings is 1. The van der Waals surface area contributed by atoms with Crippen molar-refractivity contribution < 1.29 is 4.74 Å². The molecule has 3 fully saturated rings. The first-order valence-electron chi connectivity index (χ1n) is 9.49. The molecule has 24 heavy (non-hydrogen) atoms. The van der Waals surface area contributed by atoms with Gasteiger partial charge in [0.15, 0.2) is 5.96 Å². The van der Waals surface area contributed by atoms with Crippen molar-refractivity contribution in [2.45, 2.75) is 64.2 Å². The summed E-state index contributed by atoms with van der Waals surface area (Å²) >= 11 is 0. The first-order valence-corrected chi connectivity index (χ1v) is 9.49. The fraction of sp³-hybridized carbons (Fsp3) is 0.944. The second kappa shape index (κ2) is 9.57. The second-order valence-electron chi connectivity index (χ2n) is 7.92. The molecule has 2 N–H and O–H groups in total. The highest BCUT2D eigenvalue weighted by Crippen LogP contribution is 2.34. The van der Waals surface area contributed by atoms with Crippen LogP contribution < -0.4 is 10.6 Å². The maximum Gasteiger partial charge on any atom is 0.191 e. The molecule has 0 amide bonds. The minimum atomic E-state index is 0. The summed E-state index contributed by atoms with van der Waals surface area (Å²) in [6.07, 6.45) is 7.01. The average Bonchev–Trinajstić information content (AvgIpc) is 3.12. The first-order chi connectivity index (χ1) is 11.1. The van der Waals surface area contributed by atoms with Gasteiger partial charge < -0.3 is 20.3 Å². The van der Waals surface area contributed by atoms with E-state index in [1.54, 1.807) is 0 Å². The first kappa shape index (κ1) is 20.2. The van der Waals surface area contributed by atoms with E-state index in [-0.39, 0.29) is 24.0 Å². The molecule has 0 spiro atoms. The van der Waals surface area contributed by atoms with Crippen LogP contribution >= 0.6 is 24.0 Å². The van der Waals surface area contributed by atoms with Gasteiger partial charge in [0.1, 0.15) is 0 Å². The predicted molar refractivity (Wildman–Crippen MR) is 110 cm³/mol. The monoisotopic (exact) mass is 450 g/mol. The molecule has 3 aliphatic rings. The lowest BCUT2D eigenvalue weighted by Gasteiger charge is -2.35. The van der Waals surface area contributed by atoms with Crippen LogP contribution in [0.2, 0.25) is 0 Å². The van der Waals surface area contributed by atoms with Gasteiger partial charge in [0.05, 0.1) is 18.2 Å². The molecule has 0 aromatic rings. The third-order valence-corrected chi connectivity index (χ3v) is 5.54. The van der Waals surface area contributed by atoms with E-state index in [4.69, 9.17) is 4.74 Å². The van der Waals surface area contributed by atoms with E-state index in [1.165, 1.54) is 45.3 Å². The molecule has 0 aromatic carbocycles. The molecule has 3 rings (SSSR count). The van der Waals surface area contributed by atoms with Crippen LogP contribution in [-0.4, -0.2) is 62.3 Å². The summed E-state index contributed by atoms with van der Waals surface area (Å²) in [6, 6.07) is 0.448. The van der Waals surface area contributed by atoms with Crippen molar-refractivity contribution >= 4 is 29.9 Å². The highest BCUT2D eigenvalue weighted by atomic mass is 127. The van der Waals surface area contributed by atoms with Crippen molar-refractivity contribution in [2.24, 2.45) is 16.8 Å². The lowest BCUT2D eigenvalue weighted by Crippen LogP contribution is -2.48. The van der Waals surface area contributed by atoms with E-state index in [0.717, 1.165) is 30.8 Å². The van der Waals surface area contributed by atoms with Crippen LogP contribution in [0, 0.1) is 11.8 Å². The molecular weight excluding hydrogens is 415 g/mol. The van der Waals surface area contributed by atoms with Crippen LogP contribution in [0.1, 0.15) is 46.0 Å². The molecule has 3 aliphatic heterocycles. The van der Waals surface area contributed by atoms with Gasteiger partial charge in [-0.05, 0) is 50.5 Å². The zero-order valence-corrected chi connectivity index (χ0v) is 17.8. The highest BCUT2D eigenvalue weighted by molar-refractivity contribution is 14.0. The average molecular weight is 450 g/mol. The van der Waals surface area contributed by atoms with Gasteiger partial charge in [-0.15, -0.1) is 24.0 Å². The van der Waals surface area contributed by atoms with Crippen LogP contribution in [0.15, 0.2) is 4.99 Å². The molecule has 5 unspecified atom stereocenters. The summed E-state index contributed by atoms with van der Waals surface area (Å²) in [5, 5.41) is 7.02. The standard InChI is InChI=1S/C18H34N4O.HI/c1-13-9-14(2)12-22(11-13)8-4-7-20-18(19-3)21-16-10-15-5-6-17(16)23-15;/h13-17H,4-12H2,1-3H3,(H2,19,20,21);1H. The van der Waals surface area contributed by atoms with E-state index in [1.807, 2.05) is 7.05 Å². The molecule has 3 heterocycles. The minimum Gasteiger partial charge on any atom is -0.373 e. The largest absolute Gasteiger partial charge is 0.373 e. The maximum atomic E-state index is 5.90. The molecule has 0 radical (unpaired) electrons. The van der Waals surface area contributed by atoms with Crippen LogP contribution in [0.3, 0.4) is 0 Å². The van der Waals surface area contributed by atoms with E-state index in [2.05, 4.69) is 34.4 Å². The molecule has 0 aromatic heterocycles. The van der Waals surface area contributed by atoms with Crippen LogP contribution in [0.5, 0.6) is 0 Å². The van der Waals surface area contributed by atoms with E-state index >= 15 is 0 Å². The van der Waals surface area contributed by atoms with E-state index in [9.17, 15) is 0 Å².